The van der Waals surface area contributed by atoms with Crippen LogP contribution in [-0.4, -0.2) is 25.9 Å². The third-order valence-corrected chi connectivity index (χ3v) is 3.84. The highest BCUT2D eigenvalue weighted by atomic mass is 16.5. The lowest BCUT2D eigenvalue weighted by Crippen LogP contribution is -2.31. The molecule has 0 unspecified atom stereocenters. The van der Waals surface area contributed by atoms with E-state index < -0.39 is 0 Å². The van der Waals surface area contributed by atoms with E-state index in [1.54, 1.807) is 26.4 Å². The van der Waals surface area contributed by atoms with E-state index in [1.165, 1.54) is 6.92 Å². The molecule has 2 rings (SSSR count). The number of ketones is 1. The number of benzene rings is 2. The lowest BCUT2D eigenvalue weighted by atomic mass is 10.0. The Bertz CT molecular complexity index is 728. The summed E-state index contributed by atoms with van der Waals surface area (Å²) in [4.78, 5) is 24.0. The van der Waals surface area contributed by atoms with Crippen molar-refractivity contribution < 1.29 is 19.1 Å². The number of hydrogen-bond donors (Lipinski definition) is 1. The highest BCUT2D eigenvalue weighted by molar-refractivity contribution is 5.81. The molecule has 5 heteroatoms. The van der Waals surface area contributed by atoms with E-state index >= 15 is 0 Å². The van der Waals surface area contributed by atoms with Gasteiger partial charge in [-0.25, -0.2) is 0 Å². The molecule has 1 amide bonds. The van der Waals surface area contributed by atoms with Crippen molar-refractivity contribution >= 4 is 11.7 Å². The summed E-state index contributed by atoms with van der Waals surface area (Å²) < 4.78 is 10.5. The molecule has 1 N–H and O–H groups in total. The van der Waals surface area contributed by atoms with Crippen molar-refractivity contribution in [3.8, 4) is 11.5 Å². The van der Waals surface area contributed by atoms with Crippen molar-refractivity contribution in [1.29, 1.82) is 0 Å². The third kappa shape index (κ3) is 5.35. The van der Waals surface area contributed by atoms with Gasteiger partial charge in [0.1, 0.15) is 5.78 Å². The smallest absolute Gasteiger partial charge is 0.224 e. The van der Waals surface area contributed by atoms with Crippen LogP contribution in [0.4, 0.5) is 0 Å². The summed E-state index contributed by atoms with van der Waals surface area (Å²) in [6.45, 7) is 1.52. The van der Waals surface area contributed by atoms with Crippen LogP contribution in [0.1, 0.15) is 30.5 Å². The molecule has 0 fully saturated rings. The van der Waals surface area contributed by atoms with Gasteiger partial charge in [-0.15, -0.1) is 0 Å². The Morgan fingerprint density at radius 2 is 1.68 bits per heavy atom. The van der Waals surface area contributed by atoms with E-state index in [0.717, 1.165) is 11.1 Å². The molecule has 0 bridgehead atoms. The molecule has 0 spiro atoms. The topological polar surface area (TPSA) is 64.6 Å². The van der Waals surface area contributed by atoms with E-state index in [-0.39, 0.29) is 30.6 Å². The number of Topliss-reactive ketones (excluding diaryl/α,β-unsaturated/α-hetero) is 1. The van der Waals surface area contributed by atoms with Crippen LogP contribution in [0.3, 0.4) is 0 Å². The molecule has 132 valence electrons. The van der Waals surface area contributed by atoms with Crippen molar-refractivity contribution in [3.63, 3.8) is 0 Å². The number of hydrogen-bond acceptors (Lipinski definition) is 4. The van der Waals surface area contributed by atoms with Crippen molar-refractivity contribution in [2.24, 2.45) is 0 Å². The van der Waals surface area contributed by atoms with Gasteiger partial charge in [0.15, 0.2) is 11.5 Å². The van der Waals surface area contributed by atoms with Crippen molar-refractivity contribution in [1.82, 2.24) is 5.32 Å². The van der Waals surface area contributed by atoms with Crippen LogP contribution >= 0.6 is 0 Å². The summed E-state index contributed by atoms with van der Waals surface area (Å²) in [6.07, 6.45) is 0.462. The number of methoxy groups -OCH3 is 2. The molecule has 25 heavy (non-hydrogen) atoms. The van der Waals surface area contributed by atoms with Crippen molar-refractivity contribution in [2.45, 2.75) is 25.8 Å². The van der Waals surface area contributed by atoms with Crippen LogP contribution in [0, 0.1) is 0 Å². The Hall–Kier alpha value is -2.82. The fourth-order valence-corrected chi connectivity index (χ4v) is 2.65. The molecule has 0 heterocycles. The third-order valence-electron chi connectivity index (χ3n) is 3.84. The predicted molar refractivity (Wildman–Crippen MR) is 95.9 cm³/mol. The Kier molecular flexibility index (Phi) is 6.57. The molecule has 1 atom stereocenters. The van der Waals surface area contributed by atoms with Gasteiger partial charge in [0.25, 0.3) is 0 Å². The molecular weight excluding hydrogens is 318 g/mol. The summed E-state index contributed by atoms with van der Waals surface area (Å²) in [5.74, 6) is 1.07. The first-order valence-corrected chi connectivity index (χ1v) is 8.08. The molecule has 0 aliphatic rings. The molecule has 0 radical (unpaired) electrons. The van der Waals surface area contributed by atoms with Gasteiger partial charge in [-0.2, -0.15) is 0 Å². The number of nitrogens with one attached hydrogen (secondary N) is 1. The minimum Gasteiger partial charge on any atom is -0.493 e. The first-order valence-electron chi connectivity index (χ1n) is 8.08. The Balaban J connectivity index is 2.09. The van der Waals surface area contributed by atoms with E-state index in [2.05, 4.69) is 5.32 Å². The predicted octanol–water partition coefficient (Wildman–Crippen LogP) is 3.08. The zero-order valence-corrected chi connectivity index (χ0v) is 14.7. The van der Waals surface area contributed by atoms with Crippen LogP contribution in [0.25, 0.3) is 0 Å². The molecule has 0 saturated heterocycles. The summed E-state index contributed by atoms with van der Waals surface area (Å²) in [5, 5.41) is 2.95. The van der Waals surface area contributed by atoms with Crippen molar-refractivity contribution in [2.75, 3.05) is 14.2 Å². The van der Waals surface area contributed by atoms with E-state index in [9.17, 15) is 9.59 Å². The quantitative estimate of drug-likeness (QED) is 0.801. The highest BCUT2D eigenvalue weighted by Gasteiger charge is 2.17. The molecule has 2 aromatic carbocycles. The maximum atomic E-state index is 12.4. The zero-order chi connectivity index (χ0) is 18.2. The Morgan fingerprint density at radius 1 is 1.00 bits per heavy atom. The van der Waals surface area contributed by atoms with Crippen LogP contribution in [0.2, 0.25) is 0 Å². The monoisotopic (exact) mass is 341 g/mol. The van der Waals surface area contributed by atoms with Gasteiger partial charge >= 0.3 is 0 Å². The maximum Gasteiger partial charge on any atom is 0.224 e. The molecule has 0 aliphatic heterocycles. The number of rotatable bonds is 8. The summed E-state index contributed by atoms with van der Waals surface area (Å²) in [5.41, 5.74) is 1.73. The average Bonchev–Trinajstić information content (AvgIpc) is 2.61. The van der Waals surface area contributed by atoms with Gasteiger partial charge in [-0.05, 0) is 30.2 Å². The second kappa shape index (κ2) is 8.87. The molecule has 0 aromatic heterocycles. The van der Waals surface area contributed by atoms with E-state index in [1.807, 2.05) is 36.4 Å². The molecule has 2 aromatic rings. The SMILES string of the molecule is COc1ccc(CC(=O)N[C@H](CC(C)=O)c2ccccc2)cc1OC. The molecular formula is C20H23NO4. The number of carbonyl (C=O) groups is 2. The van der Waals surface area contributed by atoms with Gasteiger partial charge in [0.05, 0.1) is 26.7 Å². The van der Waals surface area contributed by atoms with Crippen LogP contribution < -0.4 is 14.8 Å². The lowest BCUT2D eigenvalue weighted by Gasteiger charge is -2.18. The van der Waals surface area contributed by atoms with Gasteiger partial charge < -0.3 is 14.8 Å². The largest absolute Gasteiger partial charge is 0.493 e. The minimum absolute atomic E-state index is 0.0280. The number of carbonyl (C=O) groups excluding carboxylic acids is 2. The van der Waals surface area contributed by atoms with Gasteiger partial charge in [-0.3, -0.25) is 9.59 Å². The minimum atomic E-state index is -0.327. The lowest BCUT2D eigenvalue weighted by molar-refractivity contribution is -0.122. The van der Waals surface area contributed by atoms with Crippen LogP contribution in [0.15, 0.2) is 48.5 Å². The number of amides is 1. The first kappa shape index (κ1) is 18.5. The Labute approximate surface area is 148 Å². The van der Waals surface area contributed by atoms with Gasteiger partial charge in [-0.1, -0.05) is 36.4 Å². The second-order valence-corrected chi connectivity index (χ2v) is 5.80. The molecule has 5 nitrogen and oxygen atoms in total. The fraction of sp³-hybridized carbons (Fsp3) is 0.300. The standard InChI is InChI=1S/C20H23NO4/c1-14(22)11-17(16-7-5-4-6-8-16)21-20(23)13-15-9-10-18(24-2)19(12-15)25-3/h4-10,12,17H,11,13H2,1-3H3,(H,21,23)/t17-/m1/s1. The van der Waals surface area contributed by atoms with Crippen LogP contribution in [-0.2, 0) is 16.0 Å². The zero-order valence-electron chi connectivity index (χ0n) is 14.7. The van der Waals surface area contributed by atoms with Crippen LogP contribution in [0.5, 0.6) is 11.5 Å². The summed E-state index contributed by atoms with van der Waals surface area (Å²) in [6, 6.07) is 14.5. The van der Waals surface area contributed by atoms with E-state index in [0.29, 0.717) is 11.5 Å². The molecule has 0 saturated carbocycles. The van der Waals surface area contributed by atoms with E-state index in [4.69, 9.17) is 9.47 Å². The van der Waals surface area contributed by atoms with Gasteiger partial charge in [0, 0.05) is 6.42 Å². The fourth-order valence-electron chi connectivity index (χ4n) is 2.65. The van der Waals surface area contributed by atoms with Crippen molar-refractivity contribution in [3.05, 3.63) is 59.7 Å². The molecule has 0 aliphatic carbocycles. The van der Waals surface area contributed by atoms with Gasteiger partial charge in [0.2, 0.25) is 5.91 Å². The first-order chi connectivity index (χ1) is 12.0. The summed E-state index contributed by atoms with van der Waals surface area (Å²) >= 11 is 0. The highest BCUT2D eigenvalue weighted by Crippen LogP contribution is 2.27. The summed E-state index contributed by atoms with van der Waals surface area (Å²) in [7, 11) is 3.12. The number of ether oxygens (including phenoxy) is 2. The second-order valence-electron chi connectivity index (χ2n) is 5.80. The maximum absolute atomic E-state index is 12.4. The Morgan fingerprint density at radius 3 is 2.28 bits per heavy atom. The normalized spacial score (nSPS) is 11.5. The average molecular weight is 341 g/mol.